The van der Waals surface area contributed by atoms with Crippen LogP contribution in [0.4, 0.5) is 0 Å². The summed E-state index contributed by atoms with van der Waals surface area (Å²) in [5.74, 6) is 0.918. The van der Waals surface area contributed by atoms with Gasteiger partial charge in [0.25, 0.3) is 0 Å². The minimum absolute atomic E-state index is 0.00632. The summed E-state index contributed by atoms with van der Waals surface area (Å²) in [6.07, 6.45) is 0.00632. The highest BCUT2D eigenvalue weighted by molar-refractivity contribution is 8.14. The minimum atomic E-state index is 0.00632. The fourth-order valence-corrected chi connectivity index (χ4v) is 2.15. The van der Waals surface area contributed by atoms with Gasteiger partial charge in [0.05, 0.1) is 0 Å². The van der Waals surface area contributed by atoms with E-state index in [0.29, 0.717) is 6.04 Å². The highest BCUT2D eigenvalue weighted by Crippen LogP contribution is 2.21. The molecular weight excluding hydrogens is 160 g/mol. The maximum atomic E-state index is 5.63. The number of hydrogen-bond acceptors (Lipinski definition) is 5. The van der Waals surface area contributed by atoms with E-state index in [1.807, 2.05) is 0 Å². The monoisotopic (exact) mass is 172 g/mol. The third-order valence-electron chi connectivity index (χ3n) is 1.84. The summed E-state index contributed by atoms with van der Waals surface area (Å²) in [5.41, 5.74) is 11.2. The van der Waals surface area contributed by atoms with Crippen molar-refractivity contribution in [3.8, 4) is 0 Å². The topological polar surface area (TPSA) is 67.6 Å². The Morgan fingerprint density at radius 2 is 2.18 bits per heavy atom. The molecule has 11 heavy (non-hydrogen) atoms. The van der Waals surface area contributed by atoms with E-state index in [1.54, 1.807) is 11.8 Å². The molecule has 2 heterocycles. The van der Waals surface area contributed by atoms with Crippen LogP contribution in [-0.4, -0.2) is 41.1 Å². The van der Waals surface area contributed by atoms with Gasteiger partial charge in [0.2, 0.25) is 0 Å². The van der Waals surface area contributed by atoms with Crippen LogP contribution in [-0.2, 0) is 0 Å². The largest absolute Gasteiger partial charge is 0.348 e. The van der Waals surface area contributed by atoms with Gasteiger partial charge in [-0.2, -0.15) is 0 Å². The molecule has 1 fully saturated rings. The molecule has 1 saturated heterocycles. The van der Waals surface area contributed by atoms with Crippen LogP contribution in [0.15, 0.2) is 4.99 Å². The average Bonchev–Trinajstić information content (AvgIpc) is 2.29. The first kappa shape index (κ1) is 7.39. The summed E-state index contributed by atoms with van der Waals surface area (Å²) < 4.78 is 0. The van der Waals surface area contributed by atoms with Crippen molar-refractivity contribution in [3.05, 3.63) is 0 Å². The number of hydrogen-bond donors (Lipinski definition) is 2. The molecule has 4 N–H and O–H groups in total. The number of thioether (sulfide) groups is 1. The van der Waals surface area contributed by atoms with Gasteiger partial charge in [-0.05, 0) is 0 Å². The Labute approximate surface area is 70.0 Å². The molecule has 0 bridgehead atoms. The maximum absolute atomic E-state index is 5.63. The molecule has 0 aromatic rings. The molecule has 1 unspecified atom stereocenters. The Balaban J connectivity index is 1.92. The number of nitrogens with two attached hydrogens (primary N) is 2. The normalized spacial score (nSPS) is 32.0. The highest BCUT2D eigenvalue weighted by atomic mass is 32.2. The van der Waals surface area contributed by atoms with E-state index in [0.717, 1.165) is 24.0 Å². The van der Waals surface area contributed by atoms with Gasteiger partial charge >= 0.3 is 0 Å². The van der Waals surface area contributed by atoms with Crippen LogP contribution in [0.3, 0.4) is 0 Å². The molecule has 0 aromatic heterocycles. The SMILES string of the molecule is NC1CN(C2=NC(N)CS2)C1. The van der Waals surface area contributed by atoms with Gasteiger partial charge in [-0.3, -0.25) is 0 Å². The van der Waals surface area contributed by atoms with Gasteiger partial charge in [0.1, 0.15) is 6.17 Å². The lowest BCUT2D eigenvalue weighted by atomic mass is 10.1. The maximum Gasteiger partial charge on any atom is 0.161 e. The van der Waals surface area contributed by atoms with E-state index >= 15 is 0 Å². The Bertz CT molecular complexity index is 187. The first-order valence-electron chi connectivity index (χ1n) is 3.72. The molecule has 1 atom stereocenters. The van der Waals surface area contributed by atoms with E-state index in [1.165, 1.54) is 0 Å². The lowest BCUT2D eigenvalue weighted by Crippen LogP contribution is -2.56. The van der Waals surface area contributed by atoms with Crippen LogP contribution < -0.4 is 11.5 Å². The zero-order valence-corrected chi connectivity index (χ0v) is 7.05. The lowest BCUT2D eigenvalue weighted by molar-refractivity contribution is 0.259. The summed E-state index contributed by atoms with van der Waals surface area (Å²) in [6, 6.07) is 0.343. The second-order valence-corrected chi connectivity index (χ2v) is 3.94. The van der Waals surface area contributed by atoms with Crippen LogP contribution in [0.2, 0.25) is 0 Å². The molecule has 2 aliphatic rings. The van der Waals surface area contributed by atoms with E-state index in [4.69, 9.17) is 11.5 Å². The van der Waals surface area contributed by atoms with E-state index < -0.39 is 0 Å². The van der Waals surface area contributed by atoms with Crippen molar-refractivity contribution in [1.82, 2.24) is 4.90 Å². The number of amidine groups is 1. The number of aliphatic imine (C=N–C) groups is 1. The molecule has 2 rings (SSSR count). The van der Waals surface area contributed by atoms with Crippen molar-refractivity contribution in [1.29, 1.82) is 0 Å². The van der Waals surface area contributed by atoms with Crippen LogP contribution in [0.5, 0.6) is 0 Å². The van der Waals surface area contributed by atoms with Gasteiger partial charge in [0.15, 0.2) is 5.17 Å². The van der Waals surface area contributed by atoms with Crippen molar-refractivity contribution in [2.45, 2.75) is 12.2 Å². The fourth-order valence-electron chi connectivity index (χ4n) is 1.22. The Morgan fingerprint density at radius 1 is 1.45 bits per heavy atom. The van der Waals surface area contributed by atoms with Gasteiger partial charge in [-0.25, -0.2) is 4.99 Å². The predicted molar refractivity (Wildman–Crippen MR) is 47.4 cm³/mol. The van der Waals surface area contributed by atoms with E-state index in [9.17, 15) is 0 Å². The van der Waals surface area contributed by atoms with Crippen molar-refractivity contribution < 1.29 is 0 Å². The zero-order valence-electron chi connectivity index (χ0n) is 6.23. The molecule has 0 aliphatic carbocycles. The predicted octanol–water partition coefficient (Wildman–Crippen LogP) is -0.983. The van der Waals surface area contributed by atoms with Gasteiger partial charge < -0.3 is 16.4 Å². The summed E-state index contributed by atoms with van der Waals surface area (Å²) in [5, 5.41) is 1.08. The third kappa shape index (κ3) is 1.36. The molecule has 0 radical (unpaired) electrons. The minimum Gasteiger partial charge on any atom is -0.348 e. The highest BCUT2D eigenvalue weighted by Gasteiger charge is 2.29. The summed E-state index contributed by atoms with van der Waals surface area (Å²) in [4.78, 5) is 6.46. The Kier molecular flexibility index (Phi) is 1.78. The van der Waals surface area contributed by atoms with Gasteiger partial charge in [0, 0.05) is 24.9 Å². The van der Waals surface area contributed by atoms with Crippen molar-refractivity contribution >= 4 is 16.9 Å². The standard InChI is InChI=1S/C6H12N4S/c7-4-1-10(2-4)6-9-5(8)3-11-6/h4-5H,1-3,7-8H2. The average molecular weight is 172 g/mol. The second kappa shape index (κ2) is 2.66. The molecular formula is C6H12N4S. The molecule has 62 valence electrons. The van der Waals surface area contributed by atoms with E-state index in [-0.39, 0.29) is 6.17 Å². The number of likely N-dealkylation sites (tertiary alicyclic amines) is 1. The molecule has 0 amide bonds. The van der Waals surface area contributed by atoms with Crippen LogP contribution in [0.25, 0.3) is 0 Å². The smallest absolute Gasteiger partial charge is 0.161 e. The van der Waals surface area contributed by atoms with Crippen molar-refractivity contribution in [2.75, 3.05) is 18.8 Å². The molecule has 0 saturated carbocycles. The quantitative estimate of drug-likeness (QED) is 0.492. The molecule has 0 spiro atoms. The van der Waals surface area contributed by atoms with Gasteiger partial charge in [-0.1, -0.05) is 11.8 Å². The molecule has 2 aliphatic heterocycles. The summed E-state index contributed by atoms with van der Waals surface area (Å²) in [7, 11) is 0. The van der Waals surface area contributed by atoms with Crippen LogP contribution in [0.1, 0.15) is 0 Å². The number of nitrogens with zero attached hydrogens (tertiary/aromatic N) is 2. The zero-order chi connectivity index (χ0) is 7.84. The van der Waals surface area contributed by atoms with E-state index in [2.05, 4.69) is 9.89 Å². The number of rotatable bonds is 0. The summed E-state index contributed by atoms with van der Waals surface area (Å²) >= 11 is 1.73. The van der Waals surface area contributed by atoms with Crippen LogP contribution >= 0.6 is 11.8 Å². The first-order chi connectivity index (χ1) is 5.25. The van der Waals surface area contributed by atoms with Crippen molar-refractivity contribution in [3.63, 3.8) is 0 Å². The second-order valence-electron chi connectivity index (χ2n) is 2.96. The van der Waals surface area contributed by atoms with Gasteiger partial charge in [-0.15, -0.1) is 0 Å². The van der Waals surface area contributed by atoms with Crippen LogP contribution in [0, 0.1) is 0 Å². The third-order valence-corrected chi connectivity index (χ3v) is 2.97. The first-order valence-corrected chi connectivity index (χ1v) is 4.71. The lowest BCUT2D eigenvalue weighted by Gasteiger charge is -2.37. The molecule has 0 aromatic carbocycles. The molecule has 4 nitrogen and oxygen atoms in total. The fraction of sp³-hybridized carbons (Fsp3) is 0.833. The van der Waals surface area contributed by atoms with Crippen molar-refractivity contribution in [2.24, 2.45) is 16.5 Å². The Hall–Kier alpha value is -0.260. The summed E-state index contributed by atoms with van der Waals surface area (Å²) in [6.45, 7) is 1.89. The molecule has 5 heteroatoms. The Morgan fingerprint density at radius 3 is 2.64 bits per heavy atom.